The number of amides is 2. The van der Waals surface area contributed by atoms with Crippen LogP contribution in [0.1, 0.15) is 32.9 Å². The molecule has 0 saturated carbocycles. The predicted octanol–water partition coefficient (Wildman–Crippen LogP) is 2.93. The molecule has 2 amide bonds. The summed E-state index contributed by atoms with van der Waals surface area (Å²) in [6, 6.07) is 13.6. The van der Waals surface area contributed by atoms with Crippen molar-refractivity contribution in [1.29, 1.82) is 0 Å². The summed E-state index contributed by atoms with van der Waals surface area (Å²) >= 11 is 0. The van der Waals surface area contributed by atoms with Gasteiger partial charge >= 0.3 is 0 Å². The Kier molecular flexibility index (Phi) is 4.80. The monoisotopic (exact) mass is 391 g/mol. The van der Waals surface area contributed by atoms with E-state index in [9.17, 15) is 9.59 Å². The van der Waals surface area contributed by atoms with E-state index in [2.05, 4.69) is 5.16 Å². The smallest absolute Gasteiger partial charge is 0.259 e. The zero-order chi connectivity index (χ0) is 20.5. The lowest BCUT2D eigenvalue weighted by molar-refractivity contribution is -0.119. The quantitative estimate of drug-likeness (QED) is 0.721. The molecule has 0 unspecified atom stereocenters. The number of carbonyl (C=O) groups excluding carboxylic acids is 2. The Morgan fingerprint density at radius 3 is 2.55 bits per heavy atom. The van der Waals surface area contributed by atoms with E-state index in [-0.39, 0.29) is 5.91 Å². The van der Waals surface area contributed by atoms with Crippen molar-refractivity contribution >= 4 is 17.5 Å². The average molecular weight is 391 g/mol. The van der Waals surface area contributed by atoms with Crippen molar-refractivity contribution in [2.75, 3.05) is 4.90 Å². The van der Waals surface area contributed by atoms with E-state index in [4.69, 9.17) is 15.0 Å². The largest absolute Gasteiger partial charge is 0.489 e. The fourth-order valence-electron chi connectivity index (χ4n) is 3.56. The summed E-state index contributed by atoms with van der Waals surface area (Å²) < 4.78 is 10.9. The highest BCUT2D eigenvalue weighted by Gasteiger charge is 2.37. The van der Waals surface area contributed by atoms with Crippen LogP contribution in [0.2, 0.25) is 0 Å². The molecule has 1 aliphatic rings. The summed E-state index contributed by atoms with van der Waals surface area (Å²) in [7, 11) is 0. The zero-order valence-electron chi connectivity index (χ0n) is 16.2. The second-order valence-corrected chi connectivity index (χ2v) is 7.04. The van der Waals surface area contributed by atoms with Gasteiger partial charge < -0.3 is 15.0 Å². The number of primary amides is 1. The van der Waals surface area contributed by atoms with Gasteiger partial charge in [-0.2, -0.15) is 0 Å². The maximum absolute atomic E-state index is 13.1. The number of anilines is 1. The van der Waals surface area contributed by atoms with Crippen LogP contribution in [-0.4, -0.2) is 23.0 Å². The molecule has 7 nitrogen and oxygen atoms in total. The van der Waals surface area contributed by atoms with Crippen LogP contribution >= 0.6 is 0 Å². The molecule has 0 aliphatic carbocycles. The molecule has 0 bridgehead atoms. The number of fused-ring (bicyclic) bond motifs is 1. The summed E-state index contributed by atoms with van der Waals surface area (Å²) in [5.74, 6) is 0.555. The molecule has 0 fully saturated rings. The van der Waals surface area contributed by atoms with E-state index >= 15 is 0 Å². The molecule has 1 atom stereocenters. The molecule has 148 valence electrons. The van der Waals surface area contributed by atoms with Crippen molar-refractivity contribution in [2.24, 2.45) is 5.73 Å². The Bertz CT molecular complexity index is 1050. The first-order valence-electron chi connectivity index (χ1n) is 9.31. The molecular weight excluding hydrogens is 370 g/mol. The van der Waals surface area contributed by atoms with Crippen LogP contribution in [0, 0.1) is 13.8 Å². The van der Waals surface area contributed by atoms with Gasteiger partial charge in [-0.15, -0.1) is 0 Å². The minimum Gasteiger partial charge on any atom is -0.489 e. The molecule has 2 N–H and O–H groups in total. The summed E-state index contributed by atoms with van der Waals surface area (Å²) in [6.45, 7) is 4.03. The van der Waals surface area contributed by atoms with Gasteiger partial charge in [0.2, 0.25) is 5.91 Å². The van der Waals surface area contributed by atoms with E-state index in [0.717, 1.165) is 28.3 Å². The van der Waals surface area contributed by atoms with Crippen LogP contribution in [0.3, 0.4) is 0 Å². The normalized spacial score (nSPS) is 15.2. The third kappa shape index (κ3) is 3.47. The molecule has 0 radical (unpaired) electrons. The first-order valence-corrected chi connectivity index (χ1v) is 9.31. The van der Waals surface area contributed by atoms with Gasteiger partial charge in [-0.3, -0.25) is 14.5 Å². The number of benzene rings is 2. The summed E-state index contributed by atoms with van der Waals surface area (Å²) in [5, 5.41) is 3.91. The molecule has 4 rings (SSSR count). The van der Waals surface area contributed by atoms with Crippen molar-refractivity contribution in [3.8, 4) is 5.75 Å². The summed E-state index contributed by atoms with van der Waals surface area (Å²) in [5.41, 5.74) is 9.36. The van der Waals surface area contributed by atoms with Crippen LogP contribution < -0.4 is 15.4 Å². The molecule has 2 aromatic carbocycles. The highest BCUT2D eigenvalue weighted by atomic mass is 16.5. The van der Waals surface area contributed by atoms with E-state index in [1.807, 2.05) is 38.1 Å². The van der Waals surface area contributed by atoms with Crippen LogP contribution in [0.4, 0.5) is 5.69 Å². The number of nitrogens with two attached hydrogens (primary N) is 1. The zero-order valence-corrected chi connectivity index (χ0v) is 16.2. The SMILES string of the molecule is Cc1noc(C)c1COc1ccc(C(=O)N2c3ccccc3C[C@H]2C(N)=O)cc1. The van der Waals surface area contributed by atoms with Gasteiger partial charge in [0.05, 0.1) is 11.3 Å². The van der Waals surface area contributed by atoms with Crippen molar-refractivity contribution < 1.29 is 18.8 Å². The van der Waals surface area contributed by atoms with Gasteiger partial charge in [0.25, 0.3) is 5.91 Å². The van der Waals surface area contributed by atoms with Gasteiger partial charge in [0.1, 0.15) is 24.2 Å². The lowest BCUT2D eigenvalue weighted by Crippen LogP contribution is -2.46. The second-order valence-electron chi connectivity index (χ2n) is 7.04. The average Bonchev–Trinajstić information content (AvgIpc) is 3.26. The highest BCUT2D eigenvalue weighted by Crippen LogP contribution is 2.33. The molecule has 1 aliphatic heterocycles. The lowest BCUT2D eigenvalue weighted by atomic mass is 10.1. The van der Waals surface area contributed by atoms with Gasteiger partial charge in [-0.25, -0.2) is 0 Å². The first-order chi connectivity index (χ1) is 14.0. The lowest BCUT2D eigenvalue weighted by Gasteiger charge is -2.23. The topological polar surface area (TPSA) is 98.7 Å². The van der Waals surface area contributed by atoms with Gasteiger partial charge in [-0.1, -0.05) is 23.4 Å². The molecule has 0 saturated heterocycles. The van der Waals surface area contributed by atoms with E-state index in [1.165, 1.54) is 4.90 Å². The number of hydrogen-bond donors (Lipinski definition) is 1. The number of para-hydroxylation sites is 1. The van der Waals surface area contributed by atoms with Crippen LogP contribution in [-0.2, 0) is 17.8 Å². The molecular formula is C22H21N3O4. The van der Waals surface area contributed by atoms with E-state index in [1.54, 1.807) is 24.3 Å². The number of ether oxygens (including phenoxy) is 1. The van der Waals surface area contributed by atoms with Gasteiger partial charge in [0, 0.05) is 17.7 Å². The number of hydrogen-bond acceptors (Lipinski definition) is 5. The van der Waals surface area contributed by atoms with Crippen LogP contribution in [0.25, 0.3) is 0 Å². The third-order valence-corrected chi connectivity index (χ3v) is 5.19. The molecule has 1 aromatic heterocycles. The molecule has 7 heteroatoms. The minimum absolute atomic E-state index is 0.268. The van der Waals surface area contributed by atoms with Gasteiger partial charge in [0.15, 0.2) is 0 Å². The minimum atomic E-state index is -0.685. The fourth-order valence-corrected chi connectivity index (χ4v) is 3.56. The molecule has 0 spiro atoms. The number of aryl methyl sites for hydroxylation is 2. The van der Waals surface area contributed by atoms with Crippen molar-refractivity contribution in [3.63, 3.8) is 0 Å². The summed E-state index contributed by atoms with van der Waals surface area (Å²) in [6.07, 6.45) is 0.426. The summed E-state index contributed by atoms with van der Waals surface area (Å²) in [4.78, 5) is 26.5. The number of carbonyl (C=O) groups is 2. The molecule has 3 aromatic rings. The second kappa shape index (κ2) is 7.43. The Morgan fingerprint density at radius 2 is 1.90 bits per heavy atom. The van der Waals surface area contributed by atoms with Crippen LogP contribution in [0.15, 0.2) is 53.1 Å². The Labute approximate surface area is 168 Å². The van der Waals surface area contributed by atoms with E-state index in [0.29, 0.717) is 24.3 Å². The first kappa shape index (κ1) is 18.7. The van der Waals surface area contributed by atoms with Gasteiger partial charge in [-0.05, 0) is 49.7 Å². The van der Waals surface area contributed by atoms with Crippen LogP contribution in [0.5, 0.6) is 5.75 Å². The Morgan fingerprint density at radius 1 is 1.17 bits per heavy atom. The van der Waals surface area contributed by atoms with E-state index < -0.39 is 11.9 Å². The Balaban J connectivity index is 1.52. The molecule has 29 heavy (non-hydrogen) atoms. The number of nitrogens with zero attached hydrogens (tertiary/aromatic N) is 2. The van der Waals surface area contributed by atoms with Crippen molar-refractivity contribution in [1.82, 2.24) is 5.16 Å². The highest BCUT2D eigenvalue weighted by molar-refractivity contribution is 6.11. The third-order valence-electron chi connectivity index (χ3n) is 5.19. The maximum Gasteiger partial charge on any atom is 0.259 e. The van der Waals surface area contributed by atoms with Crippen molar-refractivity contribution in [3.05, 3.63) is 76.7 Å². The maximum atomic E-state index is 13.1. The van der Waals surface area contributed by atoms with Crippen molar-refractivity contribution in [2.45, 2.75) is 32.9 Å². The number of rotatable bonds is 5. The Hall–Kier alpha value is -3.61. The predicted molar refractivity (Wildman–Crippen MR) is 107 cm³/mol. The number of aromatic nitrogens is 1. The fraction of sp³-hybridized carbons (Fsp3) is 0.227. The molecule has 2 heterocycles. The standard InChI is InChI=1S/C22H21N3O4/c1-13-18(14(2)29-24-13)12-28-17-9-7-15(8-10-17)22(27)25-19-6-4-3-5-16(19)11-20(25)21(23)26/h3-10,20H,11-12H2,1-2H3,(H2,23,26)/t20-/m0/s1.